The van der Waals surface area contributed by atoms with E-state index in [4.69, 9.17) is 8.42 Å². The Morgan fingerprint density at radius 2 is 1.93 bits per heavy atom. The fourth-order valence-corrected chi connectivity index (χ4v) is 1.33. The predicted octanol–water partition coefficient (Wildman–Crippen LogP) is 2.40. The van der Waals surface area contributed by atoms with Crippen LogP contribution in [0.1, 0.15) is 0 Å². The molecule has 0 bridgehead atoms. The van der Waals surface area contributed by atoms with Crippen molar-refractivity contribution in [3.63, 3.8) is 0 Å². The van der Waals surface area contributed by atoms with Gasteiger partial charge in [0.25, 0.3) is 0 Å². The zero-order valence-electron chi connectivity index (χ0n) is 6.59. The summed E-state index contributed by atoms with van der Waals surface area (Å²) in [7, 11) is 4.81. The molecule has 0 fully saturated rings. The van der Waals surface area contributed by atoms with Crippen LogP contribution in [0.5, 0.6) is 0 Å². The van der Waals surface area contributed by atoms with Crippen LogP contribution < -0.4 is 0 Å². The van der Waals surface area contributed by atoms with E-state index in [1.807, 2.05) is 12.1 Å². The van der Waals surface area contributed by atoms with E-state index < -0.39 is 8.26 Å². The predicted molar refractivity (Wildman–Crippen MR) is 58.0 cm³/mol. The Bertz CT molecular complexity index is 473. The van der Waals surface area contributed by atoms with Gasteiger partial charge in [-0.3, -0.25) is 0 Å². The molecule has 0 N–H and O–H groups in total. The molecule has 0 aliphatic carbocycles. The first-order valence-electron chi connectivity index (χ1n) is 3.25. The number of pyridine rings is 1. The van der Waals surface area contributed by atoms with Gasteiger partial charge in [-0.05, 0) is 12.1 Å². The normalized spacial score (nSPS) is 10.7. The van der Waals surface area contributed by atoms with E-state index in [1.54, 1.807) is 23.0 Å². The first-order chi connectivity index (χ1) is 6.47. The second kappa shape index (κ2) is 4.88. The van der Waals surface area contributed by atoms with E-state index >= 15 is 0 Å². The molecule has 0 amide bonds. The first kappa shape index (κ1) is 11.6. The maximum atomic E-state index is 9.16. The summed E-state index contributed by atoms with van der Waals surface area (Å²) in [6.07, 6.45) is 1.78. The molecule has 2 aromatic heterocycles. The Morgan fingerprint density at radius 3 is 2.50 bits per heavy atom. The molecule has 2 aromatic rings. The highest BCUT2D eigenvalue weighted by Gasteiger charge is 1.91. The van der Waals surface area contributed by atoms with Gasteiger partial charge in [0.15, 0.2) is 0 Å². The van der Waals surface area contributed by atoms with E-state index in [-0.39, 0.29) is 0 Å². The lowest BCUT2D eigenvalue weighted by Gasteiger charge is -1.80. The van der Waals surface area contributed by atoms with Crippen molar-refractivity contribution in [3.8, 4) is 0 Å². The van der Waals surface area contributed by atoms with Gasteiger partial charge in [0, 0.05) is 27.6 Å². The highest BCUT2D eigenvalue weighted by Crippen LogP contribution is 2.12. The third-order valence-corrected chi connectivity index (χ3v) is 1.86. The molecule has 0 aliphatic heterocycles. The average molecular weight is 271 g/mol. The molecule has 0 spiro atoms. The summed E-state index contributed by atoms with van der Waals surface area (Å²) in [5.74, 6) is 0. The van der Waals surface area contributed by atoms with Gasteiger partial charge in [0.05, 0.1) is 11.0 Å². The van der Waals surface area contributed by atoms with Crippen molar-refractivity contribution in [2.75, 3.05) is 0 Å². The molecular formula is C6H4Cl2N2O2S2. The lowest BCUT2D eigenvalue weighted by molar-refractivity contribution is 0.621. The van der Waals surface area contributed by atoms with Gasteiger partial charge in [-0.15, -0.1) is 11.3 Å². The van der Waals surface area contributed by atoms with E-state index in [2.05, 4.69) is 31.3 Å². The second-order valence-electron chi connectivity index (χ2n) is 2.06. The molecule has 0 unspecified atom stereocenters. The molecular weight excluding hydrogens is 267 g/mol. The topological polar surface area (TPSA) is 59.9 Å². The lowest BCUT2D eigenvalue weighted by Crippen LogP contribution is -1.68. The van der Waals surface area contributed by atoms with Gasteiger partial charge < -0.3 is 0 Å². The average Bonchev–Trinajstić information content (AvgIpc) is 2.47. The summed E-state index contributed by atoms with van der Waals surface area (Å²) in [6.45, 7) is 0. The van der Waals surface area contributed by atoms with E-state index in [1.165, 1.54) is 0 Å². The van der Waals surface area contributed by atoms with Crippen LogP contribution in [0.15, 0.2) is 23.8 Å². The number of thiazole rings is 1. The molecule has 0 radical (unpaired) electrons. The third kappa shape index (κ3) is 4.71. The summed E-state index contributed by atoms with van der Waals surface area (Å²) in [4.78, 5) is 9.18. The number of hydrogen-bond acceptors (Lipinski definition) is 5. The van der Waals surface area contributed by atoms with E-state index in [0.29, 0.717) is 0 Å². The molecule has 14 heavy (non-hydrogen) atoms. The quantitative estimate of drug-likeness (QED) is 0.690. The van der Waals surface area contributed by atoms with Gasteiger partial charge in [-0.1, -0.05) is 0 Å². The van der Waals surface area contributed by atoms with Crippen molar-refractivity contribution >= 4 is 51.3 Å². The van der Waals surface area contributed by atoms with Gasteiger partial charge in [-0.25, -0.2) is 9.97 Å². The summed E-state index contributed by atoms with van der Waals surface area (Å²) in [5.41, 5.74) is 2.79. The molecule has 0 saturated heterocycles. The van der Waals surface area contributed by atoms with Gasteiger partial charge in [-0.2, -0.15) is 8.42 Å². The van der Waals surface area contributed by atoms with Crippen molar-refractivity contribution < 1.29 is 8.42 Å². The first-order valence-corrected chi connectivity index (χ1v) is 7.27. The maximum Gasteiger partial charge on any atom is 0.317 e. The maximum absolute atomic E-state index is 9.16. The van der Waals surface area contributed by atoms with Gasteiger partial charge in [0.2, 0.25) is 0 Å². The highest BCUT2D eigenvalue weighted by molar-refractivity contribution is 8.31. The molecule has 4 nitrogen and oxygen atoms in total. The fourth-order valence-electron chi connectivity index (χ4n) is 0.704. The Morgan fingerprint density at radius 1 is 1.29 bits per heavy atom. The zero-order chi connectivity index (χ0) is 10.6. The minimum atomic E-state index is -3.72. The lowest BCUT2D eigenvalue weighted by atomic mass is 10.5. The highest BCUT2D eigenvalue weighted by atomic mass is 36.0. The van der Waals surface area contributed by atoms with Crippen molar-refractivity contribution in [1.82, 2.24) is 9.97 Å². The van der Waals surface area contributed by atoms with Crippen LogP contribution in [0, 0.1) is 0 Å². The zero-order valence-corrected chi connectivity index (χ0v) is 9.74. The number of fused-ring (bicyclic) bond motifs is 1. The Balaban J connectivity index is 0.000000171. The van der Waals surface area contributed by atoms with Crippen LogP contribution in [-0.2, 0) is 8.26 Å². The molecule has 0 aliphatic rings. The number of hydrogen-bond donors (Lipinski definition) is 0. The summed E-state index contributed by atoms with van der Waals surface area (Å²) in [6, 6.07) is 3.85. The van der Waals surface area contributed by atoms with Crippen LogP contribution in [0.25, 0.3) is 10.3 Å². The fraction of sp³-hybridized carbons (Fsp3) is 0. The number of nitrogens with zero attached hydrogens (tertiary/aromatic N) is 2. The molecule has 0 saturated carbocycles. The van der Waals surface area contributed by atoms with Crippen LogP contribution >= 0.6 is 32.7 Å². The number of rotatable bonds is 0. The van der Waals surface area contributed by atoms with Crippen molar-refractivity contribution in [3.05, 3.63) is 23.8 Å². The monoisotopic (exact) mass is 270 g/mol. The molecule has 0 atom stereocenters. The SMILES string of the molecule is O=S(=O)(Cl)Cl.c1cnc2scnc2c1. The standard InChI is InChI=1S/C6H4N2S.Cl2O2S/c1-2-5-6(7-3-1)9-4-8-5;1-5(2,3)4/h1-4H;. The summed E-state index contributed by atoms with van der Waals surface area (Å²) < 4.78 is 18.3. The largest absolute Gasteiger partial charge is 0.317 e. The summed E-state index contributed by atoms with van der Waals surface area (Å²) >= 11 is 1.57. The Kier molecular flexibility index (Phi) is 4.06. The van der Waals surface area contributed by atoms with Crippen molar-refractivity contribution in [2.45, 2.75) is 0 Å². The molecule has 2 heterocycles. The molecule has 0 aromatic carbocycles. The van der Waals surface area contributed by atoms with E-state index in [9.17, 15) is 0 Å². The van der Waals surface area contributed by atoms with Crippen molar-refractivity contribution in [2.24, 2.45) is 0 Å². The summed E-state index contributed by atoms with van der Waals surface area (Å²) in [5, 5.41) is 0. The van der Waals surface area contributed by atoms with Gasteiger partial charge >= 0.3 is 8.26 Å². The molecule has 2 rings (SSSR count). The molecule has 8 heteroatoms. The smallest absolute Gasteiger partial charge is 0.244 e. The van der Waals surface area contributed by atoms with Crippen LogP contribution in [0.3, 0.4) is 0 Å². The van der Waals surface area contributed by atoms with Crippen LogP contribution in [-0.4, -0.2) is 18.4 Å². The third-order valence-electron chi connectivity index (χ3n) is 1.11. The van der Waals surface area contributed by atoms with Crippen LogP contribution in [0.2, 0.25) is 0 Å². The van der Waals surface area contributed by atoms with Crippen molar-refractivity contribution in [1.29, 1.82) is 0 Å². The van der Waals surface area contributed by atoms with Gasteiger partial charge in [0.1, 0.15) is 4.83 Å². The van der Waals surface area contributed by atoms with E-state index in [0.717, 1.165) is 10.3 Å². The minimum absolute atomic E-state index is 0.988. The molecule has 76 valence electrons. The minimum Gasteiger partial charge on any atom is -0.244 e. The number of halogens is 2. The second-order valence-corrected chi connectivity index (χ2v) is 6.56. The Labute approximate surface area is 93.4 Å². The number of aromatic nitrogens is 2. The Hall–Kier alpha value is -0.430. The van der Waals surface area contributed by atoms with Crippen LogP contribution in [0.4, 0.5) is 0 Å².